The van der Waals surface area contributed by atoms with E-state index in [0.29, 0.717) is 26.2 Å². The largest absolute Gasteiger partial charge is 0.416 e. The van der Waals surface area contributed by atoms with Crippen LogP contribution in [0.1, 0.15) is 43.9 Å². The second kappa shape index (κ2) is 13.1. The zero-order valence-electron chi connectivity index (χ0n) is 23.5. The lowest BCUT2D eigenvalue weighted by Gasteiger charge is -2.33. The van der Waals surface area contributed by atoms with E-state index in [1.54, 1.807) is 0 Å². The van der Waals surface area contributed by atoms with E-state index in [9.17, 15) is 27.6 Å². The number of rotatable bonds is 11. The number of nitrogens with one attached hydrogen (secondary N) is 2. The predicted molar refractivity (Wildman–Crippen MR) is 146 cm³/mol. The van der Waals surface area contributed by atoms with Gasteiger partial charge in [-0.05, 0) is 36.9 Å². The molecule has 0 spiro atoms. The highest BCUT2D eigenvalue weighted by molar-refractivity contribution is 6.03. The molecule has 1 aromatic carbocycles. The molecule has 1 aromatic rings. The molecule has 2 atom stereocenters. The van der Waals surface area contributed by atoms with E-state index in [2.05, 4.69) is 22.1 Å². The van der Waals surface area contributed by atoms with Gasteiger partial charge in [0.15, 0.2) is 0 Å². The fourth-order valence-electron chi connectivity index (χ4n) is 5.61. The van der Waals surface area contributed by atoms with Crippen LogP contribution in [0.5, 0.6) is 0 Å². The molecule has 2 N–H and O–H groups in total. The molecule has 0 saturated carbocycles. The summed E-state index contributed by atoms with van der Waals surface area (Å²) in [6.07, 6.45) is -2.13. The third kappa shape index (κ3) is 6.92. The molecule has 3 aliphatic heterocycles. The molecule has 1 saturated heterocycles. The van der Waals surface area contributed by atoms with E-state index in [0.717, 1.165) is 32.1 Å². The zero-order chi connectivity index (χ0) is 29.7. The second-order valence-corrected chi connectivity index (χ2v) is 10.9. The summed E-state index contributed by atoms with van der Waals surface area (Å²) in [5, 5.41) is 5.56. The number of halogens is 3. The number of carbonyl (C=O) groups excluding carboxylic acids is 3. The average molecular weight is 578 g/mol. The highest BCUT2D eigenvalue weighted by Gasteiger charge is 2.48. The van der Waals surface area contributed by atoms with Crippen LogP contribution in [0.3, 0.4) is 0 Å². The summed E-state index contributed by atoms with van der Waals surface area (Å²) in [6.45, 7) is 11.8. The summed E-state index contributed by atoms with van der Waals surface area (Å²) < 4.78 is 47.2. The van der Waals surface area contributed by atoms with Crippen molar-refractivity contribution >= 4 is 17.8 Å². The maximum atomic E-state index is 14.0. The van der Waals surface area contributed by atoms with Crippen LogP contribution >= 0.6 is 0 Å². The zero-order valence-corrected chi connectivity index (χ0v) is 23.5. The van der Waals surface area contributed by atoms with Crippen LogP contribution in [0, 0.1) is 5.92 Å². The van der Waals surface area contributed by atoms with Crippen molar-refractivity contribution in [3.63, 3.8) is 0 Å². The molecule has 3 aliphatic rings. The van der Waals surface area contributed by atoms with Gasteiger partial charge in [0.25, 0.3) is 5.91 Å². The molecule has 12 heteroatoms. The first kappa shape index (κ1) is 30.6. The van der Waals surface area contributed by atoms with Gasteiger partial charge in [0.2, 0.25) is 5.91 Å². The molecule has 224 valence electrons. The molecule has 41 heavy (non-hydrogen) atoms. The summed E-state index contributed by atoms with van der Waals surface area (Å²) in [5.41, 5.74) is -0.828. The fourth-order valence-corrected chi connectivity index (χ4v) is 5.61. The minimum atomic E-state index is -4.69. The van der Waals surface area contributed by atoms with Gasteiger partial charge in [-0.3, -0.25) is 19.4 Å². The Hall–Kier alpha value is -3.38. The van der Waals surface area contributed by atoms with Crippen LogP contribution in [-0.2, 0) is 20.5 Å². The van der Waals surface area contributed by atoms with Gasteiger partial charge in [0, 0.05) is 26.2 Å². The molecule has 9 nitrogen and oxygen atoms in total. The highest BCUT2D eigenvalue weighted by Crippen LogP contribution is 2.42. The average Bonchev–Trinajstić information content (AvgIpc) is 3.27. The van der Waals surface area contributed by atoms with Crippen molar-refractivity contribution in [2.24, 2.45) is 5.92 Å². The van der Waals surface area contributed by atoms with Crippen molar-refractivity contribution in [3.8, 4) is 0 Å². The summed E-state index contributed by atoms with van der Waals surface area (Å²) in [7, 11) is 0. The maximum absolute atomic E-state index is 14.0. The Labute approximate surface area is 238 Å². The van der Waals surface area contributed by atoms with E-state index < -0.39 is 35.8 Å². The number of urea groups is 1. The summed E-state index contributed by atoms with van der Waals surface area (Å²) in [4.78, 5) is 45.5. The van der Waals surface area contributed by atoms with E-state index in [1.165, 1.54) is 34.1 Å². The van der Waals surface area contributed by atoms with Gasteiger partial charge >= 0.3 is 12.2 Å². The van der Waals surface area contributed by atoms with Crippen LogP contribution in [0.25, 0.3) is 0 Å². The number of ether oxygens (including phenoxy) is 1. The first-order valence-corrected chi connectivity index (χ1v) is 14.0. The second-order valence-electron chi connectivity index (χ2n) is 10.9. The number of carbonyl (C=O) groups is 3. The van der Waals surface area contributed by atoms with Gasteiger partial charge < -0.3 is 20.3 Å². The third-order valence-corrected chi connectivity index (χ3v) is 7.57. The smallest absolute Gasteiger partial charge is 0.379 e. The first-order chi connectivity index (χ1) is 19.5. The number of nitrogens with zero attached hydrogens (tertiary/aromatic N) is 3. The highest BCUT2D eigenvalue weighted by atomic mass is 19.4. The lowest BCUT2D eigenvalue weighted by molar-refractivity contribution is -0.139. The number of morpholine rings is 1. The molecule has 0 unspecified atom stereocenters. The number of benzene rings is 1. The van der Waals surface area contributed by atoms with E-state index >= 15 is 0 Å². The van der Waals surface area contributed by atoms with Crippen LogP contribution < -0.4 is 10.6 Å². The molecule has 0 aromatic heterocycles. The molecule has 4 amide bonds. The molecule has 0 bridgehead atoms. The number of alkyl halides is 3. The molecule has 1 fully saturated rings. The Morgan fingerprint density at radius 1 is 1.22 bits per heavy atom. The van der Waals surface area contributed by atoms with Crippen LogP contribution in [-0.4, -0.2) is 91.1 Å². The molecular weight excluding hydrogens is 539 g/mol. The Kier molecular flexibility index (Phi) is 9.75. The van der Waals surface area contributed by atoms with Gasteiger partial charge in [-0.2, -0.15) is 13.2 Å². The molecule has 4 rings (SSSR count). The number of hydrogen-bond acceptors (Lipinski definition) is 5. The standard InChI is InChI=1S/C29H38F3N5O4/c1-4-11-36-23-18-37(22(17-19(2)3)26(38)33-10-7-12-35-13-15-41-16-14-35)27(39)24(23)25(34-28(36)40)20-8-5-6-9-21(20)29(30,31)32/h4-6,8-9,19,22,25H,1,7,10-18H2,2-3H3,(H,33,38)(H,34,40)/t22-,25+/m0/s1. The van der Waals surface area contributed by atoms with E-state index in [4.69, 9.17) is 4.74 Å². The van der Waals surface area contributed by atoms with Crippen LogP contribution in [0.2, 0.25) is 0 Å². The molecule has 0 aliphatic carbocycles. The Morgan fingerprint density at radius 3 is 2.59 bits per heavy atom. The van der Waals surface area contributed by atoms with Gasteiger partial charge in [-0.15, -0.1) is 6.58 Å². The Morgan fingerprint density at radius 2 is 1.93 bits per heavy atom. The lowest BCUT2D eigenvalue weighted by atomic mass is 9.91. The molecule has 3 heterocycles. The quantitative estimate of drug-likeness (QED) is 0.311. The monoisotopic (exact) mass is 577 g/mol. The van der Waals surface area contributed by atoms with E-state index in [-0.39, 0.29) is 41.7 Å². The number of hydrogen-bond donors (Lipinski definition) is 2. The van der Waals surface area contributed by atoms with Gasteiger partial charge in [-0.25, -0.2) is 4.79 Å². The normalized spacial score (nSPS) is 20.8. The number of amides is 4. The SMILES string of the molecule is C=CCN1C(=O)N[C@H](c2ccccc2C(F)(F)F)C2=C1CN([C@@H](CC(C)C)C(=O)NCCCN1CCOCC1)C2=O. The summed E-state index contributed by atoms with van der Waals surface area (Å²) in [6, 6.07) is 2.11. The van der Waals surface area contributed by atoms with Crippen molar-refractivity contribution in [1.29, 1.82) is 0 Å². The minimum absolute atomic E-state index is 0.0389. The predicted octanol–water partition coefficient (Wildman–Crippen LogP) is 3.31. The van der Waals surface area contributed by atoms with Crippen LogP contribution in [0.4, 0.5) is 18.0 Å². The molecular formula is C29H38F3N5O4. The Bertz CT molecular complexity index is 1180. The van der Waals surface area contributed by atoms with Crippen LogP contribution in [0.15, 0.2) is 48.2 Å². The first-order valence-electron chi connectivity index (χ1n) is 14.0. The topological polar surface area (TPSA) is 94.2 Å². The van der Waals surface area contributed by atoms with Crippen molar-refractivity contribution in [1.82, 2.24) is 25.3 Å². The lowest BCUT2D eigenvalue weighted by Crippen LogP contribution is -2.49. The van der Waals surface area contributed by atoms with Crippen molar-refractivity contribution in [2.75, 3.05) is 52.5 Å². The van der Waals surface area contributed by atoms with Gasteiger partial charge in [0.1, 0.15) is 6.04 Å². The van der Waals surface area contributed by atoms with Gasteiger partial charge in [-0.1, -0.05) is 38.1 Å². The van der Waals surface area contributed by atoms with E-state index in [1.807, 2.05) is 13.8 Å². The maximum Gasteiger partial charge on any atom is 0.416 e. The summed E-state index contributed by atoms with van der Waals surface area (Å²) in [5.74, 6) is -0.837. The van der Waals surface area contributed by atoms with Gasteiger partial charge in [0.05, 0.1) is 42.6 Å². The third-order valence-electron chi connectivity index (χ3n) is 7.57. The minimum Gasteiger partial charge on any atom is -0.379 e. The van der Waals surface area contributed by atoms with Crippen molar-refractivity contribution in [2.45, 2.75) is 44.9 Å². The molecule has 0 radical (unpaired) electrons. The van der Waals surface area contributed by atoms with Crippen molar-refractivity contribution < 1.29 is 32.3 Å². The summed E-state index contributed by atoms with van der Waals surface area (Å²) >= 11 is 0. The van der Waals surface area contributed by atoms with Crippen molar-refractivity contribution in [3.05, 3.63) is 59.3 Å². The fraction of sp³-hybridized carbons (Fsp3) is 0.552. The Balaban J connectivity index is 1.59.